The third-order valence-electron chi connectivity index (χ3n) is 0.424. The molecule has 0 N–H and O–H groups in total. The number of carbonyl (C=O) groups excluding carboxylic acids is 1. The van der Waals surface area contributed by atoms with Gasteiger partial charge in [0, 0.05) is 0 Å². The lowest BCUT2D eigenvalue weighted by Crippen LogP contribution is -2.06. The molecule has 0 aliphatic rings. The Labute approximate surface area is 64.9 Å². The van der Waals surface area contributed by atoms with E-state index < -0.39 is 12.3 Å². The van der Waals surface area contributed by atoms with Gasteiger partial charge in [0.05, 0.1) is 0 Å². The van der Waals surface area contributed by atoms with Crippen LogP contribution in [-0.2, 0) is 8.58 Å². The summed E-state index contributed by atoms with van der Waals surface area (Å²) < 4.78 is 4.56. The zero-order chi connectivity index (χ0) is 6.41. The Hall–Kier alpha value is 0.222. The monoisotopic (exact) mass is 239 g/mol. The molecule has 0 aliphatic heterocycles. The van der Waals surface area contributed by atoms with Gasteiger partial charge >= 0.3 is 24.8 Å². The van der Waals surface area contributed by atoms with Crippen LogP contribution in [0.2, 0.25) is 0 Å². The zero-order valence-electron chi connectivity index (χ0n) is 4.06. The van der Waals surface area contributed by atoms with E-state index in [0.717, 1.165) is 0 Å². The lowest BCUT2D eigenvalue weighted by Gasteiger charge is -1.90. The third-order valence-corrected chi connectivity index (χ3v) is 1.79. The number of hydrogen-bond acceptors (Lipinski definition) is 2. The highest BCUT2D eigenvalue weighted by molar-refractivity contribution is 14.1. The van der Waals surface area contributed by atoms with E-state index in [9.17, 15) is 4.79 Å². The smallest absolute Gasteiger partial charge is 0.606 e. The fourth-order valence-corrected chi connectivity index (χ4v) is 1.43. The summed E-state index contributed by atoms with van der Waals surface area (Å²) in [6, 6.07) is 0. The van der Waals surface area contributed by atoms with Crippen LogP contribution in [0.3, 0.4) is 0 Å². The number of rotatable bonds is 2. The van der Waals surface area contributed by atoms with Gasteiger partial charge in [-0.3, -0.25) is 0 Å². The average molecular weight is 239 g/mol. The van der Waals surface area contributed by atoms with Crippen molar-refractivity contribution in [1.29, 1.82) is 0 Å². The largest absolute Gasteiger partial charge is 0.614 e. The van der Waals surface area contributed by atoms with Crippen LogP contribution in [0.5, 0.6) is 0 Å². The molecular formula is C3H3AlINO2. The fourth-order valence-electron chi connectivity index (χ4n) is 0.171. The van der Waals surface area contributed by atoms with E-state index >= 15 is 0 Å². The van der Waals surface area contributed by atoms with Crippen LogP contribution in [0.1, 0.15) is 0 Å². The van der Waals surface area contributed by atoms with Crippen molar-refractivity contribution in [2.45, 2.75) is 0 Å². The maximum atomic E-state index is 10.2. The van der Waals surface area contributed by atoms with Crippen LogP contribution < -0.4 is 0 Å². The summed E-state index contributed by atoms with van der Waals surface area (Å²) in [5, 5.41) is 0. The van der Waals surface area contributed by atoms with Crippen molar-refractivity contribution < 1.29 is 8.58 Å². The first-order valence-corrected chi connectivity index (χ1v) is 7.55. The van der Waals surface area contributed by atoms with Crippen LogP contribution in [0.15, 0.2) is 0 Å². The molecule has 0 aliphatic carbocycles. The highest BCUT2D eigenvalue weighted by Gasteiger charge is 2.02. The Kier molecular flexibility index (Phi) is 5.51. The standard InChI is InChI=1S/C3H3NO2.Al.HI.H/c1-4-2-3(5)6;;;/h2H2,(H,5,6);;1H;/q;+2;;/p-2. The average Bonchev–Trinajstić information content (AvgIpc) is 1.68. The summed E-state index contributed by atoms with van der Waals surface area (Å²) in [7, 11) is 0. The van der Waals surface area contributed by atoms with Gasteiger partial charge in [-0.05, 0) is 0 Å². The molecule has 0 spiro atoms. The molecule has 8 heavy (non-hydrogen) atoms. The quantitative estimate of drug-likeness (QED) is 0.390. The number of hydrogen-bond donors (Lipinski definition) is 0. The lowest BCUT2D eigenvalue weighted by molar-refractivity contribution is -0.131. The maximum absolute atomic E-state index is 10.2. The second-order valence-corrected chi connectivity index (χ2v) is 3.32. The lowest BCUT2D eigenvalue weighted by atomic mass is 10.7. The van der Waals surface area contributed by atoms with E-state index in [1.165, 1.54) is 0 Å². The van der Waals surface area contributed by atoms with Gasteiger partial charge in [-0.1, -0.05) is 0 Å². The van der Waals surface area contributed by atoms with E-state index in [4.69, 9.17) is 6.57 Å². The molecule has 0 aromatic heterocycles. The molecule has 0 unspecified atom stereocenters. The molecule has 3 nitrogen and oxygen atoms in total. The van der Waals surface area contributed by atoms with Crippen molar-refractivity contribution in [3.63, 3.8) is 0 Å². The van der Waals surface area contributed by atoms with Crippen LogP contribution >= 0.6 is 20.3 Å². The van der Waals surface area contributed by atoms with Gasteiger partial charge in [-0.15, -0.1) is 0 Å². The summed E-state index contributed by atoms with van der Waals surface area (Å²) >= 11 is 1.36. The maximum Gasteiger partial charge on any atom is 0.614 e. The molecule has 0 fully saturated rings. The molecule has 0 atom stereocenters. The second kappa shape index (κ2) is 5.36. The molecule has 0 rings (SSSR count). The highest BCUT2D eigenvalue weighted by Crippen LogP contribution is 1.81. The van der Waals surface area contributed by atoms with Crippen LogP contribution in [0.4, 0.5) is 0 Å². The highest BCUT2D eigenvalue weighted by atomic mass is 127. The second-order valence-electron chi connectivity index (χ2n) is 0.942. The molecule has 0 amide bonds. The van der Waals surface area contributed by atoms with Gasteiger partial charge in [-0.2, -0.15) is 20.3 Å². The van der Waals surface area contributed by atoms with Crippen molar-refractivity contribution in [3.05, 3.63) is 11.4 Å². The van der Waals surface area contributed by atoms with E-state index in [1.807, 2.05) is 20.3 Å². The fraction of sp³-hybridized carbons (Fsp3) is 0.333. The van der Waals surface area contributed by atoms with E-state index in [2.05, 4.69) is 8.63 Å². The molecule has 0 aromatic carbocycles. The van der Waals surface area contributed by atoms with Gasteiger partial charge in [0.25, 0.3) is 0 Å². The van der Waals surface area contributed by atoms with E-state index in [-0.39, 0.29) is 12.5 Å². The molecule has 0 saturated carbocycles. The van der Waals surface area contributed by atoms with Crippen molar-refractivity contribution in [1.82, 2.24) is 0 Å². The predicted molar refractivity (Wildman–Crippen MR) is 38.7 cm³/mol. The summed E-state index contributed by atoms with van der Waals surface area (Å²) in [5.74, 6) is -0.388. The van der Waals surface area contributed by atoms with Crippen LogP contribution in [-0.4, -0.2) is 24.8 Å². The molecule has 42 valence electrons. The summed E-state index contributed by atoms with van der Waals surface area (Å²) in [4.78, 5) is 13.1. The van der Waals surface area contributed by atoms with Crippen molar-refractivity contribution in [3.8, 4) is 0 Å². The number of nitrogens with zero attached hydrogens (tertiary/aromatic N) is 1. The first-order chi connectivity index (χ1) is 3.81. The molecule has 0 radical (unpaired) electrons. The minimum Gasteiger partial charge on any atom is -0.606 e. The first kappa shape index (κ1) is 8.22. The van der Waals surface area contributed by atoms with Gasteiger partial charge in [0.15, 0.2) is 0 Å². The molecular weight excluding hydrogens is 236 g/mol. The van der Waals surface area contributed by atoms with E-state index in [0.29, 0.717) is 0 Å². The Morgan fingerprint density at radius 1 is 2.00 bits per heavy atom. The Morgan fingerprint density at radius 3 is 3.00 bits per heavy atom. The Bertz CT molecular complexity index is 121. The van der Waals surface area contributed by atoms with Gasteiger partial charge in [-0.25, -0.2) is 11.4 Å². The summed E-state index contributed by atoms with van der Waals surface area (Å²) in [6.45, 7) is 6.12. The molecule has 0 saturated heterocycles. The third kappa shape index (κ3) is 4.38. The SMILES string of the molecule is [C-]#[N+]CC(=O)[O][AlH][I]. The predicted octanol–water partition coefficient (Wildman–Crippen LogP) is 0.150. The topological polar surface area (TPSA) is 30.7 Å². The van der Waals surface area contributed by atoms with Crippen LogP contribution in [0.25, 0.3) is 4.85 Å². The van der Waals surface area contributed by atoms with Gasteiger partial charge in [0.1, 0.15) is 0 Å². The molecule has 0 aromatic rings. The van der Waals surface area contributed by atoms with Crippen LogP contribution in [0, 0.1) is 6.57 Å². The van der Waals surface area contributed by atoms with Gasteiger partial charge in [0.2, 0.25) is 0 Å². The number of carbonyl (C=O) groups is 1. The Morgan fingerprint density at radius 2 is 2.62 bits per heavy atom. The molecule has 5 heteroatoms. The summed E-state index contributed by atoms with van der Waals surface area (Å²) in [6.07, 6.45) is 0. The van der Waals surface area contributed by atoms with Crippen molar-refractivity contribution >= 4 is 38.5 Å². The number of halogens is 1. The minimum absolute atomic E-state index is 0.129. The molecule has 0 bridgehead atoms. The normalized spacial score (nSPS) is 7.00. The molecule has 0 heterocycles. The van der Waals surface area contributed by atoms with Crippen molar-refractivity contribution in [2.75, 3.05) is 6.54 Å². The minimum atomic E-state index is -0.677. The Balaban J connectivity index is 3.23. The van der Waals surface area contributed by atoms with Gasteiger partial charge < -0.3 is 8.63 Å². The zero-order valence-corrected chi connectivity index (χ0v) is 7.63. The first-order valence-electron chi connectivity index (χ1n) is 1.86. The van der Waals surface area contributed by atoms with E-state index in [1.54, 1.807) is 0 Å². The summed E-state index contributed by atoms with van der Waals surface area (Å²) in [5.41, 5.74) is 0. The van der Waals surface area contributed by atoms with Crippen molar-refractivity contribution in [2.24, 2.45) is 0 Å².